The van der Waals surface area contributed by atoms with Crippen molar-refractivity contribution in [1.29, 1.82) is 5.26 Å². The summed E-state index contributed by atoms with van der Waals surface area (Å²) in [5, 5.41) is 15.9. The number of nitrogens with zero attached hydrogens (tertiary/aromatic N) is 3. The van der Waals surface area contributed by atoms with Gasteiger partial charge in [0.1, 0.15) is 23.6 Å². The highest BCUT2D eigenvalue weighted by Crippen LogP contribution is 2.34. The van der Waals surface area contributed by atoms with E-state index in [1.165, 1.54) is 6.20 Å². The highest BCUT2D eigenvalue weighted by molar-refractivity contribution is 5.95. The molecule has 0 aliphatic heterocycles. The van der Waals surface area contributed by atoms with Crippen LogP contribution < -0.4 is 10.1 Å². The second kappa shape index (κ2) is 7.16. The molecule has 4 rings (SSSR count). The molecule has 2 aromatic heterocycles. The maximum Gasteiger partial charge on any atom is 0.254 e. The third kappa shape index (κ3) is 3.58. The molecule has 140 valence electrons. The number of amides is 1. The van der Waals surface area contributed by atoms with Crippen molar-refractivity contribution < 1.29 is 14.1 Å². The third-order valence-electron chi connectivity index (χ3n) is 4.71. The van der Waals surface area contributed by atoms with Crippen molar-refractivity contribution in [1.82, 2.24) is 15.5 Å². The number of pyridine rings is 1. The Morgan fingerprint density at radius 2 is 2.07 bits per heavy atom. The van der Waals surface area contributed by atoms with Crippen molar-refractivity contribution in [2.24, 2.45) is 0 Å². The molecule has 0 atom stereocenters. The molecule has 7 nitrogen and oxygen atoms in total. The maximum atomic E-state index is 12.2. The Labute approximate surface area is 161 Å². The summed E-state index contributed by atoms with van der Waals surface area (Å²) >= 11 is 0. The number of aryl methyl sites for hydroxylation is 1. The van der Waals surface area contributed by atoms with E-state index in [1.807, 2.05) is 37.3 Å². The van der Waals surface area contributed by atoms with Gasteiger partial charge >= 0.3 is 0 Å². The van der Waals surface area contributed by atoms with Gasteiger partial charge in [0.25, 0.3) is 5.91 Å². The highest BCUT2D eigenvalue weighted by atomic mass is 16.5. The van der Waals surface area contributed by atoms with Crippen LogP contribution in [-0.4, -0.2) is 21.6 Å². The summed E-state index contributed by atoms with van der Waals surface area (Å²) in [5.41, 5.74) is 2.22. The normalized spacial score (nSPS) is 14.1. The summed E-state index contributed by atoms with van der Waals surface area (Å²) in [6.45, 7) is 2.08. The van der Waals surface area contributed by atoms with E-state index in [-0.39, 0.29) is 12.5 Å². The van der Waals surface area contributed by atoms with E-state index in [9.17, 15) is 4.79 Å². The van der Waals surface area contributed by atoms with Gasteiger partial charge in [-0.1, -0.05) is 35.5 Å². The van der Waals surface area contributed by atoms with Crippen LogP contribution in [0.1, 0.15) is 34.5 Å². The minimum atomic E-state index is -0.702. The van der Waals surface area contributed by atoms with E-state index in [2.05, 4.69) is 21.5 Å². The molecule has 1 N–H and O–H groups in total. The Hall–Kier alpha value is -3.66. The molecule has 0 bridgehead atoms. The van der Waals surface area contributed by atoms with E-state index in [4.69, 9.17) is 14.5 Å². The van der Waals surface area contributed by atoms with E-state index in [1.54, 1.807) is 12.1 Å². The smallest absolute Gasteiger partial charge is 0.254 e. The number of hydrogen-bond donors (Lipinski definition) is 1. The Morgan fingerprint density at radius 1 is 1.29 bits per heavy atom. The molecule has 2 heterocycles. The number of rotatable bonds is 6. The molecule has 1 amide bonds. The average Bonchev–Trinajstić information content (AvgIpc) is 3.41. The molecule has 7 heteroatoms. The average molecular weight is 374 g/mol. The molecule has 1 fully saturated rings. The zero-order valence-electron chi connectivity index (χ0n) is 15.3. The number of nitrogens with one attached hydrogen (secondary N) is 1. The Balaban J connectivity index is 1.43. The molecule has 1 aliphatic carbocycles. The number of aromatic nitrogens is 2. The summed E-state index contributed by atoms with van der Waals surface area (Å²) < 4.78 is 11.1. The van der Waals surface area contributed by atoms with Gasteiger partial charge in [-0.3, -0.25) is 4.79 Å². The number of nitriles is 1. The number of ether oxygens (including phenoxy) is 1. The SMILES string of the molecule is Cc1onc(-c2ccccc2)c1COc1ccc(C(=O)NC2(C#N)CC2)cn1. The van der Waals surface area contributed by atoms with Crippen molar-refractivity contribution in [2.75, 3.05) is 0 Å². The summed E-state index contributed by atoms with van der Waals surface area (Å²) in [5.74, 6) is 0.762. The molecule has 0 spiro atoms. The van der Waals surface area contributed by atoms with Crippen LogP contribution in [0.15, 0.2) is 53.2 Å². The maximum absolute atomic E-state index is 12.2. The monoisotopic (exact) mass is 374 g/mol. The molecule has 28 heavy (non-hydrogen) atoms. The quantitative estimate of drug-likeness (QED) is 0.709. The van der Waals surface area contributed by atoms with Crippen LogP contribution in [0.2, 0.25) is 0 Å². The summed E-state index contributed by atoms with van der Waals surface area (Å²) in [6.07, 6.45) is 2.81. The predicted molar refractivity (Wildman–Crippen MR) is 100 cm³/mol. The van der Waals surface area contributed by atoms with E-state index >= 15 is 0 Å². The predicted octanol–water partition coefficient (Wildman–Crippen LogP) is 3.41. The Kier molecular flexibility index (Phi) is 4.53. The van der Waals surface area contributed by atoms with Crippen LogP contribution >= 0.6 is 0 Å². The van der Waals surface area contributed by atoms with Crippen molar-refractivity contribution in [2.45, 2.75) is 31.9 Å². The van der Waals surface area contributed by atoms with E-state index in [0.717, 1.165) is 16.8 Å². The van der Waals surface area contributed by atoms with Crippen LogP contribution in [0, 0.1) is 18.3 Å². The van der Waals surface area contributed by atoms with Crippen molar-refractivity contribution >= 4 is 5.91 Å². The van der Waals surface area contributed by atoms with Crippen molar-refractivity contribution in [3.05, 3.63) is 65.5 Å². The molecule has 0 unspecified atom stereocenters. The van der Waals surface area contributed by atoms with E-state index in [0.29, 0.717) is 30.0 Å². The summed E-state index contributed by atoms with van der Waals surface area (Å²) in [7, 11) is 0. The van der Waals surface area contributed by atoms with Gasteiger partial charge < -0.3 is 14.6 Å². The third-order valence-corrected chi connectivity index (χ3v) is 4.71. The molecule has 1 saturated carbocycles. The van der Waals surface area contributed by atoms with Gasteiger partial charge in [-0.15, -0.1) is 0 Å². The number of hydrogen-bond acceptors (Lipinski definition) is 6. The fourth-order valence-electron chi connectivity index (χ4n) is 2.81. The minimum absolute atomic E-state index is 0.246. The zero-order valence-corrected chi connectivity index (χ0v) is 15.3. The lowest BCUT2D eigenvalue weighted by Gasteiger charge is -2.10. The van der Waals surface area contributed by atoms with Crippen molar-refractivity contribution in [3.63, 3.8) is 0 Å². The van der Waals surface area contributed by atoms with Gasteiger partial charge in [-0.05, 0) is 25.8 Å². The molecule has 0 saturated heterocycles. The molecule has 1 aliphatic rings. The topological polar surface area (TPSA) is 101 Å². The Bertz CT molecular complexity index is 1030. The standard InChI is InChI=1S/C21H18N4O3/c1-14-17(19(25-28-14)15-5-3-2-4-6-15)12-27-18-8-7-16(11-23-18)20(26)24-21(13-22)9-10-21/h2-8,11H,9-10,12H2,1H3,(H,24,26). The lowest BCUT2D eigenvalue weighted by molar-refractivity contribution is 0.0941. The largest absolute Gasteiger partial charge is 0.473 e. The fraction of sp³-hybridized carbons (Fsp3) is 0.238. The first-order valence-electron chi connectivity index (χ1n) is 8.93. The molecular weight excluding hydrogens is 356 g/mol. The van der Waals surface area contributed by atoms with Crippen LogP contribution in [0.25, 0.3) is 11.3 Å². The number of carbonyl (C=O) groups excluding carboxylic acids is 1. The zero-order chi connectivity index (χ0) is 19.6. The molecular formula is C21H18N4O3. The van der Waals surface area contributed by atoms with Gasteiger partial charge in [0.15, 0.2) is 0 Å². The first-order valence-corrected chi connectivity index (χ1v) is 8.93. The lowest BCUT2D eigenvalue weighted by atomic mass is 10.1. The van der Waals surface area contributed by atoms with Gasteiger partial charge in [-0.25, -0.2) is 4.98 Å². The molecule has 1 aromatic carbocycles. The van der Waals surface area contributed by atoms with Crippen LogP contribution in [0.3, 0.4) is 0 Å². The van der Waals surface area contributed by atoms with Crippen LogP contribution in [0.5, 0.6) is 5.88 Å². The first-order chi connectivity index (χ1) is 13.6. The second-order valence-corrected chi connectivity index (χ2v) is 6.75. The van der Waals surface area contributed by atoms with E-state index < -0.39 is 5.54 Å². The van der Waals surface area contributed by atoms with Crippen LogP contribution in [0.4, 0.5) is 0 Å². The van der Waals surface area contributed by atoms with Gasteiger partial charge in [0.2, 0.25) is 5.88 Å². The number of carbonyl (C=O) groups is 1. The highest BCUT2D eigenvalue weighted by Gasteiger charge is 2.44. The van der Waals surface area contributed by atoms with Crippen LogP contribution in [-0.2, 0) is 6.61 Å². The first kappa shape index (κ1) is 17.7. The molecule has 3 aromatic rings. The minimum Gasteiger partial charge on any atom is -0.473 e. The fourth-order valence-corrected chi connectivity index (χ4v) is 2.81. The summed E-state index contributed by atoms with van der Waals surface area (Å²) in [6, 6.07) is 15.1. The second-order valence-electron chi connectivity index (χ2n) is 6.75. The van der Waals surface area contributed by atoms with Gasteiger partial charge in [0.05, 0.1) is 17.2 Å². The summed E-state index contributed by atoms with van der Waals surface area (Å²) in [4.78, 5) is 16.4. The molecule has 0 radical (unpaired) electrons. The Morgan fingerprint density at radius 3 is 2.71 bits per heavy atom. The van der Waals surface area contributed by atoms with Gasteiger partial charge in [-0.2, -0.15) is 5.26 Å². The number of benzene rings is 1. The van der Waals surface area contributed by atoms with Gasteiger partial charge in [0, 0.05) is 17.8 Å². The van der Waals surface area contributed by atoms with Crippen molar-refractivity contribution in [3.8, 4) is 23.2 Å². The lowest BCUT2D eigenvalue weighted by Crippen LogP contribution is -2.35.